The lowest BCUT2D eigenvalue weighted by atomic mass is 10.0. The molecule has 3 heteroatoms. The quantitative estimate of drug-likeness (QED) is 0.422. The number of hydrogen-bond donors (Lipinski definition) is 0. The molecular formula is C23H22N3+. The van der Waals surface area contributed by atoms with Gasteiger partial charge in [0.2, 0.25) is 0 Å². The predicted molar refractivity (Wildman–Crippen MR) is 104 cm³/mol. The number of rotatable bonds is 3. The Balaban J connectivity index is 1.74. The Labute approximate surface area is 153 Å². The summed E-state index contributed by atoms with van der Waals surface area (Å²) in [5, 5.41) is 0. The van der Waals surface area contributed by atoms with Crippen molar-refractivity contribution in [2.24, 2.45) is 0 Å². The molecule has 0 spiro atoms. The number of fused-ring (bicyclic) bond motifs is 3. The van der Waals surface area contributed by atoms with Crippen LogP contribution < -0.4 is 4.57 Å². The van der Waals surface area contributed by atoms with Crippen LogP contribution in [0.25, 0.3) is 22.9 Å². The minimum Gasteiger partial charge on any atom is -0.310 e. The molecule has 0 saturated carbocycles. The molecule has 0 radical (unpaired) electrons. The molecule has 1 aliphatic heterocycles. The number of nitrogens with zero attached hydrogens (tertiary/aromatic N) is 3. The Morgan fingerprint density at radius 1 is 0.846 bits per heavy atom. The predicted octanol–water partition coefficient (Wildman–Crippen LogP) is 4.71. The zero-order chi connectivity index (χ0) is 17.7. The summed E-state index contributed by atoms with van der Waals surface area (Å²) < 4.78 is 7.00. The van der Waals surface area contributed by atoms with E-state index in [1.165, 1.54) is 34.0 Å². The molecule has 0 atom stereocenters. The molecule has 5 rings (SSSR count). The average molecular weight is 340 g/mol. The van der Waals surface area contributed by atoms with Gasteiger partial charge in [-0.3, -0.25) is 0 Å². The first-order valence-corrected chi connectivity index (χ1v) is 9.20. The van der Waals surface area contributed by atoms with Gasteiger partial charge in [-0.1, -0.05) is 50.2 Å². The molecule has 0 fully saturated rings. The van der Waals surface area contributed by atoms with Crippen molar-refractivity contribution in [1.82, 2.24) is 9.13 Å². The van der Waals surface area contributed by atoms with E-state index in [1.54, 1.807) is 0 Å². The van der Waals surface area contributed by atoms with E-state index in [-0.39, 0.29) is 0 Å². The maximum atomic E-state index is 2.36. The summed E-state index contributed by atoms with van der Waals surface area (Å²) in [5.41, 5.74) is 6.52. The Hall–Kier alpha value is -3.07. The van der Waals surface area contributed by atoms with Crippen LogP contribution in [0.4, 0.5) is 0 Å². The lowest BCUT2D eigenvalue weighted by Gasteiger charge is -2.15. The largest absolute Gasteiger partial charge is 0.312 e. The zero-order valence-corrected chi connectivity index (χ0v) is 15.1. The number of benzene rings is 2. The highest BCUT2D eigenvalue weighted by atomic mass is 15.2. The van der Waals surface area contributed by atoms with Crippen molar-refractivity contribution >= 4 is 0 Å². The van der Waals surface area contributed by atoms with Gasteiger partial charge in [0.25, 0.3) is 0 Å². The van der Waals surface area contributed by atoms with E-state index in [1.807, 2.05) is 0 Å². The highest BCUT2D eigenvalue weighted by Crippen LogP contribution is 2.34. The van der Waals surface area contributed by atoms with E-state index >= 15 is 0 Å². The smallest absolute Gasteiger partial charge is 0.310 e. The van der Waals surface area contributed by atoms with E-state index < -0.39 is 0 Å². The van der Waals surface area contributed by atoms with Gasteiger partial charge in [-0.2, -0.15) is 4.57 Å². The van der Waals surface area contributed by atoms with E-state index in [2.05, 4.69) is 107 Å². The van der Waals surface area contributed by atoms with Crippen LogP contribution >= 0.6 is 0 Å². The van der Waals surface area contributed by atoms with Crippen molar-refractivity contribution in [3.63, 3.8) is 0 Å². The summed E-state index contributed by atoms with van der Waals surface area (Å²) >= 11 is 0. The lowest BCUT2D eigenvalue weighted by molar-refractivity contribution is -0.671. The molecule has 0 bridgehead atoms. The van der Waals surface area contributed by atoms with Crippen molar-refractivity contribution in [3.05, 3.63) is 90.4 Å². The van der Waals surface area contributed by atoms with E-state index in [0.29, 0.717) is 5.92 Å². The summed E-state index contributed by atoms with van der Waals surface area (Å²) in [6.07, 6.45) is 6.57. The van der Waals surface area contributed by atoms with Crippen LogP contribution in [-0.2, 0) is 6.54 Å². The van der Waals surface area contributed by atoms with Gasteiger partial charge in [0.05, 0.1) is 0 Å². The average Bonchev–Trinajstić information content (AvgIpc) is 3.33. The second-order valence-corrected chi connectivity index (χ2v) is 7.23. The fourth-order valence-electron chi connectivity index (χ4n) is 4.03. The molecule has 2 aromatic carbocycles. The third-order valence-corrected chi connectivity index (χ3v) is 5.27. The number of para-hydroxylation sites is 2. The van der Waals surface area contributed by atoms with Crippen LogP contribution in [0.3, 0.4) is 0 Å². The molecule has 0 N–H and O–H groups in total. The Morgan fingerprint density at radius 3 is 2.42 bits per heavy atom. The molecule has 0 unspecified atom stereocenters. The number of aromatic nitrogens is 3. The summed E-state index contributed by atoms with van der Waals surface area (Å²) in [4.78, 5) is 0. The maximum absolute atomic E-state index is 2.36. The summed E-state index contributed by atoms with van der Waals surface area (Å²) in [6, 6.07) is 21.6. The standard InChI is InChI=1S/C23H22N3/c1-17(2)20-10-6-7-11-21(20)26-13-12-18-16-24-14-15-25(23(24)22(18)26)19-8-4-3-5-9-19/h3-15,17H,16H2,1-2H3/q+1. The lowest BCUT2D eigenvalue weighted by Crippen LogP contribution is -2.30. The molecule has 128 valence electrons. The van der Waals surface area contributed by atoms with Crippen LogP contribution in [0.15, 0.2) is 79.3 Å². The van der Waals surface area contributed by atoms with E-state index in [0.717, 1.165) is 6.54 Å². The molecule has 0 saturated heterocycles. The Bertz CT molecular complexity index is 1080. The first kappa shape index (κ1) is 15.2. The summed E-state index contributed by atoms with van der Waals surface area (Å²) in [7, 11) is 0. The van der Waals surface area contributed by atoms with E-state index in [4.69, 9.17) is 0 Å². The van der Waals surface area contributed by atoms with Gasteiger partial charge in [-0.15, -0.1) is 0 Å². The molecule has 4 aromatic rings. The van der Waals surface area contributed by atoms with Crippen molar-refractivity contribution in [3.8, 4) is 22.9 Å². The minimum absolute atomic E-state index is 0.485. The second-order valence-electron chi connectivity index (χ2n) is 7.23. The molecule has 0 amide bonds. The van der Waals surface area contributed by atoms with Gasteiger partial charge in [-0.25, -0.2) is 4.57 Å². The second kappa shape index (κ2) is 5.73. The molecule has 0 aliphatic carbocycles. The Kier molecular flexibility index (Phi) is 3.35. The molecule has 3 heterocycles. The van der Waals surface area contributed by atoms with Crippen molar-refractivity contribution in [2.75, 3.05) is 0 Å². The van der Waals surface area contributed by atoms with Crippen LogP contribution in [-0.4, -0.2) is 9.13 Å². The molecule has 2 aromatic heterocycles. The monoisotopic (exact) mass is 340 g/mol. The molecule has 3 nitrogen and oxygen atoms in total. The first-order valence-electron chi connectivity index (χ1n) is 9.20. The van der Waals surface area contributed by atoms with Gasteiger partial charge in [0.1, 0.15) is 30.3 Å². The first-order chi connectivity index (χ1) is 12.7. The highest BCUT2D eigenvalue weighted by molar-refractivity contribution is 5.64. The van der Waals surface area contributed by atoms with Gasteiger partial charge in [0.15, 0.2) is 0 Å². The number of hydrogen-bond acceptors (Lipinski definition) is 0. The van der Waals surface area contributed by atoms with Crippen LogP contribution in [0, 0.1) is 0 Å². The number of imidazole rings is 1. The third kappa shape index (κ3) is 2.17. The van der Waals surface area contributed by atoms with Crippen LogP contribution in [0.1, 0.15) is 30.9 Å². The third-order valence-electron chi connectivity index (χ3n) is 5.27. The van der Waals surface area contributed by atoms with Crippen molar-refractivity contribution < 1.29 is 4.57 Å². The molecule has 26 heavy (non-hydrogen) atoms. The minimum atomic E-state index is 0.485. The van der Waals surface area contributed by atoms with Crippen LogP contribution in [0.2, 0.25) is 0 Å². The van der Waals surface area contributed by atoms with Gasteiger partial charge in [-0.05, 0) is 35.7 Å². The topological polar surface area (TPSA) is 13.7 Å². The maximum Gasteiger partial charge on any atom is 0.312 e. The zero-order valence-electron chi connectivity index (χ0n) is 15.1. The van der Waals surface area contributed by atoms with Crippen molar-refractivity contribution in [2.45, 2.75) is 26.3 Å². The Morgan fingerprint density at radius 2 is 1.62 bits per heavy atom. The summed E-state index contributed by atoms with van der Waals surface area (Å²) in [5.74, 6) is 1.73. The van der Waals surface area contributed by atoms with Crippen LogP contribution in [0.5, 0.6) is 0 Å². The fraction of sp³-hybridized carbons (Fsp3) is 0.174. The van der Waals surface area contributed by atoms with Gasteiger partial charge in [0, 0.05) is 17.4 Å². The summed E-state index contributed by atoms with van der Waals surface area (Å²) in [6.45, 7) is 5.45. The van der Waals surface area contributed by atoms with Gasteiger partial charge < -0.3 is 4.57 Å². The molecule has 1 aliphatic rings. The fourth-order valence-corrected chi connectivity index (χ4v) is 4.03. The van der Waals surface area contributed by atoms with Crippen molar-refractivity contribution in [1.29, 1.82) is 0 Å². The molecular weight excluding hydrogens is 318 g/mol. The SMILES string of the molecule is CC(C)c1ccccc1-n1ccc2c1-c1n(-c3ccccc3)cc[n+]1C2. The highest BCUT2D eigenvalue weighted by Gasteiger charge is 2.34. The normalized spacial score (nSPS) is 12.4. The van der Waals surface area contributed by atoms with E-state index in [9.17, 15) is 0 Å². The van der Waals surface area contributed by atoms with Gasteiger partial charge >= 0.3 is 5.82 Å².